The van der Waals surface area contributed by atoms with Crippen molar-refractivity contribution < 1.29 is 0 Å². The Labute approximate surface area is 141 Å². The third-order valence-electron chi connectivity index (χ3n) is 5.52. The topological polar surface area (TPSA) is 0 Å². The standard InChI is InChI=1S/C23H30/c1-3-19-8-10-21(11-9-19)17-23-14-12-22(13-15-23)16-20-6-4-18(2)5-7-20/h8-15,18,20H,3-7,16-17H2,1-2H3. The minimum atomic E-state index is 0.915. The Morgan fingerprint density at radius 1 is 0.696 bits per heavy atom. The second-order valence-corrected chi connectivity index (χ2v) is 7.49. The molecule has 0 aliphatic heterocycles. The van der Waals surface area contributed by atoms with E-state index < -0.39 is 0 Å². The molecule has 0 unspecified atom stereocenters. The SMILES string of the molecule is CCc1ccc(Cc2ccc(CC3CCC(C)CC3)cc2)cc1. The van der Waals surface area contributed by atoms with E-state index in [2.05, 4.69) is 62.4 Å². The van der Waals surface area contributed by atoms with E-state index in [0.29, 0.717) is 0 Å². The summed E-state index contributed by atoms with van der Waals surface area (Å²) in [7, 11) is 0. The van der Waals surface area contributed by atoms with E-state index in [9.17, 15) is 0 Å². The monoisotopic (exact) mass is 306 g/mol. The van der Waals surface area contributed by atoms with Crippen molar-refractivity contribution in [2.45, 2.75) is 58.8 Å². The maximum Gasteiger partial charge on any atom is -0.00258 e. The largest absolute Gasteiger partial charge is 0.0625 e. The van der Waals surface area contributed by atoms with Crippen LogP contribution in [0.5, 0.6) is 0 Å². The van der Waals surface area contributed by atoms with Gasteiger partial charge in [0.25, 0.3) is 0 Å². The fourth-order valence-electron chi connectivity index (χ4n) is 3.79. The van der Waals surface area contributed by atoms with Crippen LogP contribution in [0.2, 0.25) is 0 Å². The van der Waals surface area contributed by atoms with Crippen LogP contribution in [-0.4, -0.2) is 0 Å². The van der Waals surface area contributed by atoms with E-state index in [1.54, 1.807) is 0 Å². The second-order valence-electron chi connectivity index (χ2n) is 7.49. The summed E-state index contributed by atoms with van der Waals surface area (Å²) < 4.78 is 0. The molecule has 2 aromatic rings. The third-order valence-corrected chi connectivity index (χ3v) is 5.52. The van der Waals surface area contributed by atoms with Crippen molar-refractivity contribution in [1.29, 1.82) is 0 Å². The molecule has 0 N–H and O–H groups in total. The second kappa shape index (κ2) is 7.81. The Morgan fingerprint density at radius 2 is 1.17 bits per heavy atom. The molecular formula is C23H30. The van der Waals surface area contributed by atoms with Crippen molar-refractivity contribution in [2.24, 2.45) is 11.8 Å². The molecule has 2 aromatic carbocycles. The minimum absolute atomic E-state index is 0.915. The molecule has 23 heavy (non-hydrogen) atoms. The molecule has 0 aromatic heterocycles. The fourth-order valence-corrected chi connectivity index (χ4v) is 3.79. The van der Waals surface area contributed by atoms with Gasteiger partial charge in [-0.15, -0.1) is 0 Å². The number of hydrogen-bond acceptors (Lipinski definition) is 0. The van der Waals surface area contributed by atoms with E-state index in [0.717, 1.165) is 24.7 Å². The highest BCUT2D eigenvalue weighted by Gasteiger charge is 2.18. The van der Waals surface area contributed by atoms with Gasteiger partial charge in [0.1, 0.15) is 0 Å². The number of aryl methyl sites for hydroxylation is 1. The Hall–Kier alpha value is -1.56. The lowest BCUT2D eigenvalue weighted by molar-refractivity contribution is 0.289. The van der Waals surface area contributed by atoms with E-state index in [1.165, 1.54) is 54.4 Å². The van der Waals surface area contributed by atoms with Crippen LogP contribution in [0.1, 0.15) is 61.8 Å². The zero-order valence-electron chi connectivity index (χ0n) is 14.7. The van der Waals surface area contributed by atoms with Gasteiger partial charge in [0.15, 0.2) is 0 Å². The molecule has 0 heterocycles. The summed E-state index contributed by atoms with van der Waals surface area (Å²) in [5.41, 5.74) is 5.78. The summed E-state index contributed by atoms with van der Waals surface area (Å²) in [5, 5.41) is 0. The first-order valence-electron chi connectivity index (χ1n) is 9.38. The molecular weight excluding hydrogens is 276 g/mol. The molecule has 1 aliphatic rings. The Kier molecular flexibility index (Phi) is 5.54. The molecule has 0 spiro atoms. The molecule has 0 radical (unpaired) electrons. The van der Waals surface area contributed by atoms with Gasteiger partial charge in [-0.05, 0) is 66.2 Å². The van der Waals surface area contributed by atoms with Crippen molar-refractivity contribution in [3.05, 3.63) is 70.8 Å². The van der Waals surface area contributed by atoms with Gasteiger partial charge in [-0.3, -0.25) is 0 Å². The maximum absolute atomic E-state index is 2.40. The van der Waals surface area contributed by atoms with Gasteiger partial charge >= 0.3 is 0 Å². The highest BCUT2D eigenvalue weighted by Crippen LogP contribution is 2.30. The van der Waals surface area contributed by atoms with Crippen LogP contribution in [0, 0.1) is 11.8 Å². The molecule has 1 saturated carbocycles. The van der Waals surface area contributed by atoms with E-state index >= 15 is 0 Å². The zero-order valence-corrected chi connectivity index (χ0v) is 14.7. The molecule has 1 fully saturated rings. The molecule has 0 amide bonds. The van der Waals surface area contributed by atoms with Crippen LogP contribution < -0.4 is 0 Å². The summed E-state index contributed by atoms with van der Waals surface area (Å²) in [6, 6.07) is 18.4. The van der Waals surface area contributed by atoms with Crippen LogP contribution in [0.25, 0.3) is 0 Å². The summed E-state index contributed by atoms with van der Waals surface area (Å²) in [6.07, 6.45) is 9.14. The van der Waals surface area contributed by atoms with E-state index in [4.69, 9.17) is 0 Å². The first-order chi connectivity index (χ1) is 11.2. The predicted octanol–water partition coefficient (Wildman–Crippen LogP) is 6.21. The summed E-state index contributed by atoms with van der Waals surface area (Å²) in [6.45, 7) is 4.61. The van der Waals surface area contributed by atoms with Gasteiger partial charge in [0, 0.05) is 0 Å². The highest BCUT2D eigenvalue weighted by molar-refractivity contribution is 5.30. The van der Waals surface area contributed by atoms with E-state index in [-0.39, 0.29) is 0 Å². The molecule has 0 heteroatoms. The molecule has 0 saturated heterocycles. The lowest BCUT2D eigenvalue weighted by atomic mass is 9.80. The quantitative estimate of drug-likeness (QED) is 0.616. The summed E-state index contributed by atoms with van der Waals surface area (Å²) in [5.74, 6) is 1.87. The Balaban J connectivity index is 1.56. The van der Waals surface area contributed by atoms with Crippen molar-refractivity contribution in [1.82, 2.24) is 0 Å². The van der Waals surface area contributed by atoms with Crippen LogP contribution in [-0.2, 0) is 19.3 Å². The molecule has 0 atom stereocenters. The van der Waals surface area contributed by atoms with Crippen LogP contribution >= 0.6 is 0 Å². The summed E-state index contributed by atoms with van der Waals surface area (Å²) >= 11 is 0. The lowest BCUT2D eigenvalue weighted by Gasteiger charge is -2.26. The number of benzene rings is 2. The van der Waals surface area contributed by atoms with E-state index in [1.807, 2.05) is 0 Å². The Morgan fingerprint density at radius 3 is 1.70 bits per heavy atom. The van der Waals surface area contributed by atoms with Gasteiger partial charge in [-0.25, -0.2) is 0 Å². The first-order valence-corrected chi connectivity index (χ1v) is 9.38. The zero-order chi connectivity index (χ0) is 16.1. The van der Waals surface area contributed by atoms with Gasteiger partial charge < -0.3 is 0 Å². The molecule has 1 aliphatic carbocycles. The van der Waals surface area contributed by atoms with Crippen LogP contribution in [0.4, 0.5) is 0 Å². The molecule has 0 nitrogen and oxygen atoms in total. The highest BCUT2D eigenvalue weighted by atomic mass is 14.2. The van der Waals surface area contributed by atoms with Crippen molar-refractivity contribution in [3.63, 3.8) is 0 Å². The normalized spacial score (nSPS) is 21.3. The minimum Gasteiger partial charge on any atom is -0.0625 e. The van der Waals surface area contributed by atoms with Gasteiger partial charge in [-0.2, -0.15) is 0 Å². The van der Waals surface area contributed by atoms with Crippen molar-refractivity contribution in [2.75, 3.05) is 0 Å². The van der Waals surface area contributed by atoms with Gasteiger partial charge in [0.2, 0.25) is 0 Å². The fraction of sp³-hybridized carbons (Fsp3) is 0.478. The average Bonchev–Trinajstić information content (AvgIpc) is 2.59. The number of rotatable bonds is 5. The number of hydrogen-bond donors (Lipinski definition) is 0. The first kappa shape index (κ1) is 16.3. The smallest absolute Gasteiger partial charge is 0.00258 e. The average molecular weight is 306 g/mol. The summed E-state index contributed by atoms with van der Waals surface area (Å²) in [4.78, 5) is 0. The van der Waals surface area contributed by atoms with Gasteiger partial charge in [-0.1, -0.05) is 75.2 Å². The Bertz CT molecular complexity index is 583. The maximum atomic E-state index is 2.40. The van der Waals surface area contributed by atoms with Crippen molar-refractivity contribution >= 4 is 0 Å². The molecule has 3 rings (SSSR count). The molecule has 122 valence electrons. The third kappa shape index (κ3) is 4.70. The predicted molar refractivity (Wildman–Crippen MR) is 99.9 cm³/mol. The lowest BCUT2D eigenvalue weighted by Crippen LogP contribution is -2.14. The van der Waals surface area contributed by atoms with Gasteiger partial charge in [0.05, 0.1) is 0 Å². The molecule has 0 bridgehead atoms. The van der Waals surface area contributed by atoms with Crippen LogP contribution in [0.15, 0.2) is 48.5 Å². The van der Waals surface area contributed by atoms with Crippen molar-refractivity contribution in [3.8, 4) is 0 Å². The van der Waals surface area contributed by atoms with Crippen LogP contribution in [0.3, 0.4) is 0 Å².